The van der Waals surface area contributed by atoms with E-state index < -0.39 is 11.7 Å². The SMILES string of the molecule is O=C([C@H]1C[C@H]1c1ccccc1C(F)(F)F)N1CCN(Cc2ccccc2)CC1. The molecule has 1 aliphatic carbocycles. The van der Waals surface area contributed by atoms with Gasteiger partial charge < -0.3 is 4.90 Å². The van der Waals surface area contributed by atoms with E-state index in [4.69, 9.17) is 0 Å². The molecule has 0 spiro atoms. The second-order valence-electron chi connectivity index (χ2n) is 7.62. The van der Waals surface area contributed by atoms with E-state index in [0.29, 0.717) is 19.5 Å². The molecule has 4 rings (SSSR count). The Morgan fingerprint density at radius 1 is 0.929 bits per heavy atom. The highest BCUT2D eigenvalue weighted by Gasteiger charge is 2.49. The van der Waals surface area contributed by atoms with Gasteiger partial charge in [0.1, 0.15) is 0 Å². The molecule has 0 radical (unpaired) electrons. The zero-order chi connectivity index (χ0) is 19.7. The van der Waals surface area contributed by atoms with Crippen LogP contribution < -0.4 is 0 Å². The number of amides is 1. The molecule has 148 valence electrons. The quantitative estimate of drug-likeness (QED) is 0.786. The van der Waals surface area contributed by atoms with Crippen molar-refractivity contribution < 1.29 is 18.0 Å². The maximum Gasteiger partial charge on any atom is 0.416 e. The average molecular weight is 388 g/mol. The van der Waals surface area contributed by atoms with E-state index in [1.165, 1.54) is 17.7 Å². The fourth-order valence-electron chi connectivity index (χ4n) is 4.09. The van der Waals surface area contributed by atoms with Gasteiger partial charge in [0.2, 0.25) is 5.91 Å². The second kappa shape index (κ2) is 7.59. The van der Waals surface area contributed by atoms with Crippen LogP contribution in [0.4, 0.5) is 13.2 Å². The van der Waals surface area contributed by atoms with E-state index in [1.807, 2.05) is 23.1 Å². The van der Waals surface area contributed by atoms with Gasteiger partial charge in [-0.1, -0.05) is 48.5 Å². The van der Waals surface area contributed by atoms with Crippen LogP contribution in [0.25, 0.3) is 0 Å². The van der Waals surface area contributed by atoms with E-state index in [9.17, 15) is 18.0 Å². The number of hydrogen-bond donors (Lipinski definition) is 0. The third-order valence-electron chi connectivity index (χ3n) is 5.71. The van der Waals surface area contributed by atoms with Crippen molar-refractivity contribution in [3.63, 3.8) is 0 Å². The van der Waals surface area contributed by atoms with Crippen LogP contribution in [0.5, 0.6) is 0 Å². The van der Waals surface area contributed by atoms with Gasteiger partial charge in [-0.15, -0.1) is 0 Å². The Hall–Kier alpha value is -2.34. The van der Waals surface area contributed by atoms with Crippen LogP contribution in [-0.4, -0.2) is 41.9 Å². The molecule has 2 aliphatic rings. The van der Waals surface area contributed by atoms with E-state index in [-0.39, 0.29) is 23.3 Å². The first-order chi connectivity index (χ1) is 13.4. The van der Waals surface area contributed by atoms with E-state index in [1.54, 1.807) is 6.07 Å². The van der Waals surface area contributed by atoms with Crippen LogP contribution in [0.15, 0.2) is 54.6 Å². The van der Waals surface area contributed by atoms with Gasteiger partial charge in [-0.2, -0.15) is 13.2 Å². The third-order valence-corrected chi connectivity index (χ3v) is 5.71. The summed E-state index contributed by atoms with van der Waals surface area (Å²) in [5.74, 6) is -0.627. The van der Waals surface area contributed by atoms with Gasteiger partial charge in [0.25, 0.3) is 0 Å². The lowest BCUT2D eigenvalue weighted by Gasteiger charge is -2.35. The largest absolute Gasteiger partial charge is 0.416 e. The summed E-state index contributed by atoms with van der Waals surface area (Å²) in [6.45, 7) is 3.70. The maximum atomic E-state index is 13.2. The van der Waals surface area contributed by atoms with Gasteiger partial charge in [0, 0.05) is 38.6 Å². The molecule has 1 saturated heterocycles. The monoisotopic (exact) mass is 388 g/mol. The molecule has 2 aromatic rings. The molecular formula is C22H23F3N2O. The first kappa shape index (κ1) is 19.0. The van der Waals surface area contributed by atoms with Crippen LogP contribution in [0.1, 0.15) is 29.0 Å². The lowest BCUT2D eigenvalue weighted by atomic mass is 10.0. The fraction of sp³-hybridized carbons (Fsp3) is 0.409. The number of nitrogens with zero attached hydrogens (tertiary/aromatic N) is 2. The topological polar surface area (TPSA) is 23.6 Å². The van der Waals surface area contributed by atoms with Crippen LogP contribution in [-0.2, 0) is 17.5 Å². The van der Waals surface area contributed by atoms with Gasteiger partial charge in [0.15, 0.2) is 0 Å². The normalized spacial score (nSPS) is 22.9. The van der Waals surface area contributed by atoms with Crippen LogP contribution in [0.2, 0.25) is 0 Å². The predicted octanol–water partition coefficient (Wildman–Crippen LogP) is 4.15. The number of benzene rings is 2. The molecule has 28 heavy (non-hydrogen) atoms. The standard InChI is InChI=1S/C22H23F3N2O/c23-22(24,25)20-9-5-4-8-17(20)18-14-19(18)21(28)27-12-10-26(11-13-27)15-16-6-2-1-3-7-16/h1-9,18-19H,10-15H2/t18-,19-/m0/s1. The molecule has 0 aromatic heterocycles. The highest BCUT2D eigenvalue weighted by Crippen LogP contribution is 2.51. The minimum absolute atomic E-state index is 0.00124. The molecule has 1 amide bonds. The Balaban J connectivity index is 1.34. The van der Waals surface area contributed by atoms with Crippen molar-refractivity contribution in [2.24, 2.45) is 5.92 Å². The first-order valence-electron chi connectivity index (χ1n) is 9.64. The second-order valence-corrected chi connectivity index (χ2v) is 7.62. The highest BCUT2D eigenvalue weighted by molar-refractivity contribution is 5.83. The Morgan fingerprint density at radius 3 is 2.25 bits per heavy atom. The summed E-state index contributed by atoms with van der Waals surface area (Å²) in [4.78, 5) is 16.9. The molecule has 6 heteroatoms. The lowest BCUT2D eigenvalue weighted by Crippen LogP contribution is -2.48. The summed E-state index contributed by atoms with van der Waals surface area (Å²) in [5.41, 5.74) is 0.896. The van der Waals surface area contributed by atoms with E-state index >= 15 is 0 Å². The van der Waals surface area contributed by atoms with Gasteiger partial charge >= 0.3 is 6.18 Å². The zero-order valence-electron chi connectivity index (χ0n) is 15.5. The number of carbonyl (C=O) groups excluding carboxylic acids is 1. The molecule has 0 N–H and O–H groups in total. The summed E-state index contributed by atoms with van der Waals surface area (Å²) in [7, 11) is 0. The smallest absolute Gasteiger partial charge is 0.340 e. The number of halogens is 3. The highest BCUT2D eigenvalue weighted by atomic mass is 19.4. The van der Waals surface area contributed by atoms with Gasteiger partial charge in [-0.3, -0.25) is 9.69 Å². The first-order valence-corrected chi connectivity index (χ1v) is 9.64. The van der Waals surface area contributed by atoms with Crippen LogP contribution >= 0.6 is 0 Å². The van der Waals surface area contributed by atoms with Crippen LogP contribution in [0, 0.1) is 5.92 Å². The number of hydrogen-bond acceptors (Lipinski definition) is 2. The number of alkyl halides is 3. The number of piperazine rings is 1. The summed E-state index contributed by atoms with van der Waals surface area (Å²) in [6.07, 6.45) is -3.87. The summed E-state index contributed by atoms with van der Waals surface area (Å²) in [6, 6.07) is 15.8. The van der Waals surface area contributed by atoms with Gasteiger partial charge in [0.05, 0.1) is 5.56 Å². The molecule has 2 atom stereocenters. The van der Waals surface area contributed by atoms with Crippen molar-refractivity contribution >= 4 is 5.91 Å². The van der Waals surface area contributed by atoms with Crippen molar-refractivity contribution in [3.05, 3.63) is 71.3 Å². The summed E-state index contributed by atoms with van der Waals surface area (Å²) < 4.78 is 39.7. The minimum Gasteiger partial charge on any atom is -0.340 e. The van der Waals surface area contributed by atoms with E-state index in [0.717, 1.165) is 25.7 Å². The van der Waals surface area contributed by atoms with Crippen molar-refractivity contribution in [2.45, 2.75) is 25.1 Å². The van der Waals surface area contributed by atoms with Crippen molar-refractivity contribution in [2.75, 3.05) is 26.2 Å². The Morgan fingerprint density at radius 2 is 1.57 bits per heavy atom. The fourth-order valence-corrected chi connectivity index (χ4v) is 4.09. The Labute approximate surface area is 162 Å². The van der Waals surface area contributed by atoms with Gasteiger partial charge in [-0.25, -0.2) is 0 Å². The van der Waals surface area contributed by atoms with E-state index in [2.05, 4.69) is 17.0 Å². The Kier molecular flexibility index (Phi) is 5.15. The van der Waals surface area contributed by atoms with Crippen molar-refractivity contribution in [1.82, 2.24) is 9.80 Å². The predicted molar refractivity (Wildman–Crippen MR) is 101 cm³/mol. The molecule has 3 nitrogen and oxygen atoms in total. The lowest BCUT2D eigenvalue weighted by molar-refractivity contribution is -0.139. The van der Waals surface area contributed by atoms with Crippen molar-refractivity contribution in [1.29, 1.82) is 0 Å². The summed E-state index contributed by atoms with van der Waals surface area (Å²) in [5, 5.41) is 0. The third kappa shape index (κ3) is 4.07. The number of carbonyl (C=O) groups is 1. The molecule has 2 aromatic carbocycles. The molecule has 1 saturated carbocycles. The Bertz CT molecular complexity index is 829. The molecule has 2 fully saturated rings. The molecule has 1 aliphatic heterocycles. The zero-order valence-corrected chi connectivity index (χ0v) is 15.5. The maximum absolute atomic E-state index is 13.2. The average Bonchev–Trinajstić information content (AvgIpc) is 3.49. The number of rotatable bonds is 4. The molecule has 0 unspecified atom stereocenters. The molecule has 0 bridgehead atoms. The minimum atomic E-state index is -4.38. The van der Waals surface area contributed by atoms with Crippen LogP contribution in [0.3, 0.4) is 0 Å². The van der Waals surface area contributed by atoms with Crippen molar-refractivity contribution in [3.8, 4) is 0 Å². The molecule has 1 heterocycles. The van der Waals surface area contributed by atoms with Gasteiger partial charge in [-0.05, 0) is 29.5 Å². The molecular weight excluding hydrogens is 365 g/mol. The summed E-state index contributed by atoms with van der Waals surface area (Å²) >= 11 is 0.